The molecular weight excluding hydrogens is 1010 g/mol. The predicted molar refractivity (Wildman–Crippen MR) is 357 cm³/mol. The lowest BCUT2D eigenvalue weighted by atomic mass is 10.0. The summed E-state index contributed by atoms with van der Waals surface area (Å²) in [5.41, 5.74) is 0. The first-order valence-electron chi connectivity index (χ1n) is 35.2. The maximum absolute atomic E-state index is 12.9. The number of allylic oxidation sites excluding steroid dienone is 16. The first kappa shape index (κ1) is 78.3. The maximum Gasteiger partial charge on any atom is 0.306 e. The Morgan fingerprint density at radius 1 is 0.256 bits per heavy atom. The van der Waals surface area contributed by atoms with Crippen molar-refractivity contribution in [2.75, 3.05) is 13.2 Å². The molecule has 0 fully saturated rings. The second-order valence-electron chi connectivity index (χ2n) is 23.4. The summed E-state index contributed by atoms with van der Waals surface area (Å²) in [6, 6.07) is 0. The molecule has 0 spiro atoms. The molecule has 0 heterocycles. The van der Waals surface area contributed by atoms with Gasteiger partial charge >= 0.3 is 17.9 Å². The molecule has 1 atom stereocenters. The third kappa shape index (κ3) is 67.1. The summed E-state index contributed by atoms with van der Waals surface area (Å²) < 4.78 is 16.9. The number of carbonyl (C=O) groups excluding carboxylic acids is 3. The number of hydrogen-bond donors (Lipinski definition) is 0. The van der Waals surface area contributed by atoms with E-state index < -0.39 is 6.10 Å². The topological polar surface area (TPSA) is 78.9 Å². The second kappa shape index (κ2) is 69.8. The van der Waals surface area contributed by atoms with Crippen LogP contribution in [0.4, 0.5) is 0 Å². The van der Waals surface area contributed by atoms with E-state index in [1.54, 1.807) is 0 Å². The number of ether oxygens (including phenoxy) is 3. The average Bonchev–Trinajstić information content (AvgIpc) is 3.48. The Balaban J connectivity index is 4.17. The fourth-order valence-corrected chi connectivity index (χ4v) is 10.1. The molecule has 0 saturated carbocycles. The highest BCUT2D eigenvalue weighted by Gasteiger charge is 2.19. The van der Waals surface area contributed by atoms with Crippen molar-refractivity contribution in [2.24, 2.45) is 0 Å². The van der Waals surface area contributed by atoms with Crippen molar-refractivity contribution in [1.29, 1.82) is 0 Å². The van der Waals surface area contributed by atoms with Crippen molar-refractivity contribution in [2.45, 2.75) is 354 Å². The summed E-state index contributed by atoms with van der Waals surface area (Å²) in [7, 11) is 0. The van der Waals surface area contributed by atoms with Crippen molar-refractivity contribution < 1.29 is 28.6 Å². The smallest absolute Gasteiger partial charge is 0.306 e. The first-order chi connectivity index (χ1) is 40.5. The molecule has 0 amide bonds. The molecule has 0 bridgehead atoms. The summed E-state index contributed by atoms with van der Waals surface area (Å²) in [5, 5.41) is 0. The van der Waals surface area contributed by atoms with Crippen LogP contribution in [0, 0.1) is 0 Å². The largest absolute Gasteiger partial charge is 0.462 e. The standard InChI is InChI=1S/C76H132O6/c1-4-7-10-13-16-19-22-24-26-28-30-32-33-34-35-36-37-38-39-40-41-42-43-45-46-48-50-52-54-57-60-63-66-69-75(78)81-72-73(71-80-74(77)68-65-62-59-56-21-18-15-12-9-6-3)82-76(79)70-67-64-61-58-55-53-51-49-47-44-31-29-27-25-23-20-17-14-11-8-5-2/h7,10,12,15-16,19,24,26,30,32,34-35,37-38,40-41,73H,4-6,8-9,11,13-14,17-18,20-23,25,27-29,31,33,36,39,42-72H2,1-3H3/b10-7-,15-12-,19-16-,26-24-,32-30-,35-34-,38-37-,41-40-. The molecular formula is C76H132O6. The Kier molecular flexibility index (Phi) is 66.7. The van der Waals surface area contributed by atoms with Crippen LogP contribution in [0.1, 0.15) is 348 Å². The molecule has 0 aromatic carbocycles. The van der Waals surface area contributed by atoms with Gasteiger partial charge in [-0.15, -0.1) is 0 Å². The van der Waals surface area contributed by atoms with Crippen molar-refractivity contribution in [3.63, 3.8) is 0 Å². The number of unbranched alkanes of at least 4 members (excludes halogenated alkanes) is 37. The fourth-order valence-electron chi connectivity index (χ4n) is 10.1. The van der Waals surface area contributed by atoms with E-state index in [4.69, 9.17) is 14.2 Å². The van der Waals surface area contributed by atoms with Gasteiger partial charge in [0, 0.05) is 19.3 Å². The normalized spacial score (nSPS) is 12.7. The zero-order valence-corrected chi connectivity index (χ0v) is 54.2. The Morgan fingerprint density at radius 2 is 0.500 bits per heavy atom. The van der Waals surface area contributed by atoms with Crippen LogP contribution in [0.15, 0.2) is 97.2 Å². The van der Waals surface area contributed by atoms with E-state index in [9.17, 15) is 14.4 Å². The number of rotatable bonds is 64. The van der Waals surface area contributed by atoms with Crippen molar-refractivity contribution in [3.8, 4) is 0 Å². The van der Waals surface area contributed by atoms with Gasteiger partial charge in [-0.3, -0.25) is 14.4 Å². The quantitative estimate of drug-likeness (QED) is 0.0261. The first-order valence-corrected chi connectivity index (χ1v) is 35.2. The molecule has 0 aliphatic rings. The molecule has 0 aliphatic heterocycles. The number of hydrogen-bond acceptors (Lipinski definition) is 6. The summed E-state index contributed by atoms with van der Waals surface area (Å²) >= 11 is 0. The third-order valence-electron chi connectivity index (χ3n) is 15.3. The van der Waals surface area contributed by atoms with Crippen LogP contribution in [0.25, 0.3) is 0 Å². The number of carbonyl (C=O) groups is 3. The van der Waals surface area contributed by atoms with Crippen LogP contribution in [0.5, 0.6) is 0 Å². The molecule has 82 heavy (non-hydrogen) atoms. The highest BCUT2D eigenvalue weighted by atomic mass is 16.6. The Morgan fingerprint density at radius 3 is 0.805 bits per heavy atom. The van der Waals surface area contributed by atoms with Gasteiger partial charge in [0.1, 0.15) is 13.2 Å². The molecule has 0 aromatic heterocycles. The predicted octanol–water partition coefficient (Wildman–Crippen LogP) is 24.4. The Labute approximate surface area is 508 Å². The monoisotopic (exact) mass is 1140 g/mol. The Hall–Kier alpha value is -3.67. The van der Waals surface area contributed by atoms with Gasteiger partial charge in [0.25, 0.3) is 0 Å². The van der Waals surface area contributed by atoms with Crippen LogP contribution in [0.3, 0.4) is 0 Å². The van der Waals surface area contributed by atoms with E-state index in [1.165, 1.54) is 193 Å². The summed E-state index contributed by atoms with van der Waals surface area (Å²) in [5.74, 6) is -0.875. The van der Waals surface area contributed by atoms with E-state index in [1.807, 2.05) is 0 Å². The minimum atomic E-state index is -0.780. The van der Waals surface area contributed by atoms with Gasteiger partial charge in [-0.2, -0.15) is 0 Å². The molecule has 0 aliphatic carbocycles. The minimum Gasteiger partial charge on any atom is -0.462 e. The lowest BCUT2D eigenvalue weighted by Gasteiger charge is -2.18. The van der Waals surface area contributed by atoms with Gasteiger partial charge in [-0.05, 0) is 96.3 Å². The van der Waals surface area contributed by atoms with Crippen LogP contribution < -0.4 is 0 Å². The fraction of sp³-hybridized carbons (Fsp3) is 0.750. The lowest BCUT2D eigenvalue weighted by Crippen LogP contribution is -2.30. The van der Waals surface area contributed by atoms with Crippen LogP contribution in [-0.4, -0.2) is 37.2 Å². The van der Waals surface area contributed by atoms with Crippen LogP contribution >= 0.6 is 0 Å². The Bertz CT molecular complexity index is 1590. The van der Waals surface area contributed by atoms with Gasteiger partial charge in [-0.1, -0.05) is 330 Å². The lowest BCUT2D eigenvalue weighted by molar-refractivity contribution is -0.167. The highest BCUT2D eigenvalue weighted by molar-refractivity contribution is 5.71. The van der Waals surface area contributed by atoms with E-state index in [-0.39, 0.29) is 31.1 Å². The zero-order valence-electron chi connectivity index (χ0n) is 54.2. The molecule has 1 unspecified atom stereocenters. The SMILES string of the molecule is CC/C=C\C/C=C\C/C=C\C/C=C\C/C=C\C/C=C\C/C=C\CCCCCCCCCCCCCC(=O)OCC(COC(=O)CCCCCCC/C=C\CCC)OC(=O)CCCCCCCCCCCCCCCCCCCCCCC. The molecule has 0 aromatic rings. The van der Waals surface area contributed by atoms with Crippen molar-refractivity contribution in [3.05, 3.63) is 97.2 Å². The summed E-state index contributed by atoms with van der Waals surface area (Å²) in [6.07, 6.45) is 94.5. The van der Waals surface area contributed by atoms with Crippen LogP contribution in [-0.2, 0) is 28.6 Å². The van der Waals surface area contributed by atoms with E-state index in [0.717, 1.165) is 116 Å². The molecule has 472 valence electrons. The van der Waals surface area contributed by atoms with Gasteiger partial charge < -0.3 is 14.2 Å². The minimum absolute atomic E-state index is 0.0777. The number of esters is 3. The molecule has 6 nitrogen and oxygen atoms in total. The van der Waals surface area contributed by atoms with Crippen LogP contribution in [0.2, 0.25) is 0 Å². The molecule has 0 N–H and O–H groups in total. The van der Waals surface area contributed by atoms with Gasteiger partial charge in [0.15, 0.2) is 6.10 Å². The van der Waals surface area contributed by atoms with E-state index >= 15 is 0 Å². The average molecular weight is 1140 g/mol. The molecule has 0 rings (SSSR count). The molecule has 0 saturated heterocycles. The summed E-state index contributed by atoms with van der Waals surface area (Å²) in [6.45, 7) is 6.50. The third-order valence-corrected chi connectivity index (χ3v) is 15.3. The van der Waals surface area contributed by atoms with E-state index in [0.29, 0.717) is 19.3 Å². The second-order valence-corrected chi connectivity index (χ2v) is 23.4. The maximum atomic E-state index is 12.9. The van der Waals surface area contributed by atoms with Gasteiger partial charge in [0.2, 0.25) is 0 Å². The van der Waals surface area contributed by atoms with E-state index in [2.05, 4.69) is 118 Å². The molecule has 6 heteroatoms. The van der Waals surface area contributed by atoms with Gasteiger partial charge in [0.05, 0.1) is 0 Å². The zero-order chi connectivity index (χ0) is 59.2. The van der Waals surface area contributed by atoms with Gasteiger partial charge in [-0.25, -0.2) is 0 Å². The van der Waals surface area contributed by atoms with Crippen molar-refractivity contribution in [1.82, 2.24) is 0 Å². The molecule has 0 radical (unpaired) electrons. The van der Waals surface area contributed by atoms with Crippen molar-refractivity contribution >= 4 is 17.9 Å². The summed E-state index contributed by atoms with van der Waals surface area (Å²) in [4.78, 5) is 38.3. The highest BCUT2D eigenvalue weighted by Crippen LogP contribution is 2.18.